The highest BCUT2D eigenvalue weighted by Crippen LogP contribution is 2.10. The first-order valence-electron chi connectivity index (χ1n) is 4.29. The third kappa shape index (κ3) is 1.76. The minimum Gasteiger partial charge on any atom is -0.323 e. The quantitative estimate of drug-likeness (QED) is 0.588. The fraction of sp³-hybridized carbons (Fsp3) is 0.500. The van der Waals surface area contributed by atoms with E-state index in [0.717, 1.165) is 24.5 Å². The van der Waals surface area contributed by atoms with Crippen LogP contribution in [-0.4, -0.2) is 33.9 Å². The van der Waals surface area contributed by atoms with Crippen LogP contribution in [0, 0.1) is 0 Å². The summed E-state index contributed by atoms with van der Waals surface area (Å²) in [6, 6.07) is 0.0764. The van der Waals surface area contributed by atoms with E-state index in [4.69, 9.17) is 5.73 Å². The van der Waals surface area contributed by atoms with Gasteiger partial charge in [-0.2, -0.15) is 5.10 Å². The molecule has 0 saturated heterocycles. The highest BCUT2D eigenvalue weighted by atomic mass is 15.3. The van der Waals surface area contributed by atoms with Crippen molar-refractivity contribution in [2.45, 2.75) is 6.04 Å². The van der Waals surface area contributed by atoms with Crippen LogP contribution in [0.5, 0.6) is 0 Å². The van der Waals surface area contributed by atoms with Crippen LogP contribution < -0.4 is 11.1 Å². The molecule has 0 saturated carbocycles. The number of aromatic nitrogens is 3. The maximum absolute atomic E-state index is 5.77. The van der Waals surface area contributed by atoms with Crippen molar-refractivity contribution in [1.29, 1.82) is 0 Å². The molecule has 5 heteroatoms. The van der Waals surface area contributed by atoms with E-state index in [1.807, 2.05) is 13.1 Å². The molecule has 5 nitrogen and oxygen atoms in total. The fourth-order valence-electron chi connectivity index (χ4n) is 1.39. The minimum absolute atomic E-state index is 0.0764. The molecule has 0 amide bonds. The van der Waals surface area contributed by atoms with Crippen LogP contribution in [0.1, 0.15) is 5.82 Å². The van der Waals surface area contributed by atoms with Gasteiger partial charge in [0.25, 0.3) is 0 Å². The Morgan fingerprint density at radius 1 is 1.69 bits per heavy atom. The zero-order valence-corrected chi connectivity index (χ0v) is 7.57. The first-order valence-corrected chi connectivity index (χ1v) is 4.29. The topological polar surface area (TPSA) is 68.8 Å². The number of nitrogens with two attached hydrogens (primary N) is 1. The van der Waals surface area contributed by atoms with Crippen LogP contribution in [0.15, 0.2) is 12.4 Å². The maximum atomic E-state index is 5.77. The molecular formula is C8H13N5. The smallest absolute Gasteiger partial charge is 0.178 e. The molecule has 1 aliphatic rings. The first kappa shape index (κ1) is 8.40. The predicted octanol–water partition coefficient (Wildman–Crippen LogP) is -0.871. The monoisotopic (exact) mass is 179 g/mol. The summed E-state index contributed by atoms with van der Waals surface area (Å²) in [5, 5.41) is 7.42. The summed E-state index contributed by atoms with van der Waals surface area (Å²) in [5.41, 5.74) is 6.85. The molecule has 0 bridgehead atoms. The van der Waals surface area contributed by atoms with Gasteiger partial charge in [0.05, 0.1) is 0 Å². The lowest BCUT2D eigenvalue weighted by atomic mass is 10.1. The van der Waals surface area contributed by atoms with Gasteiger partial charge in [-0.25, -0.2) is 4.98 Å². The Morgan fingerprint density at radius 3 is 3.15 bits per heavy atom. The summed E-state index contributed by atoms with van der Waals surface area (Å²) in [6.45, 7) is 1.63. The van der Waals surface area contributed by atoms with E-state index >= 15 is 0 Å². The zero-order valence-electron chi connectivity index (χ0n) is 7.57. The Morgan fingerprint density at radius 2 is 2.54 bits per heavy atom. The van der Waals surface area contributed by atoms with E-state index < -0.39 is 0 Å². The van der Waals surface area contributed by atoms with Crippen LogP contribution in [0.3, 0.4) is 0 Å². The molecule has 13 heavy (non-hydrogen) atoms. The molecule has 0 radical (unpaired) electrons. The van der Waals surface area contributed by atoms with Gasteiger partial charge in [-0.15, -0.1) is 0 Å². The van der Waals surface area contributed by atoms with Gasteiger partial charge < -0.3 is 11.1 Å². The summed E-state index contributed by atoms with van der Waals surface area (Å²) in [6.07, 6.45) is 3.71. The second-order valence-corrected chi connectivity index (χ2v) is 3.23. The van der Waals surface area contributed by atoms with Gasteiger partial charge in [-0.05, 0) is 0 Å². The zero-order chi connectivity index (χ0) is 9.26. The molecule has 0 fully saturated rings. The van der Waals surface area contributed by atoms with Crippen molar-refractivity contribution < 1.29 is 0 Å². The van der Waals surface area contributed by atoms with E-state index in [-0.39, 0.29) is 6.04 Å². The van der Waals surface area contributed by atoms with Crippen molar-refractivity contribution in [3.63, 3.8) is 0 Å². The average Bonchev–Trinajstić information content (AvgIpc) is 2.52. The Balaban J connectivity index is 2.25. The molecule has 0 aromatic carbocycles. The first-order chi connectivity index (χ1) is 6.25. The number of hydrogen-bond donors (Lipinski definition) is 2. The molecule has 2 heterocycles. The Labute approximate surface area is 76.6 Å². The van der Waals surface area contributed by atoms with Crippen molar-refractivity contribution in [2.24, 2.45) is 12.8 Å². The summed E-state index contributed by atoms with van der Waals surface area (Å²) in [5.74, 6) is 0.769. The molecule has 1 unspecified atom stereocenters. The number of nitrogens with zero attached hydrogens (tertiary/aromatic N) is 3. The molecule has 1 aromatic heterocycles. The number of nitrogens with one attached hydrogen (secondary N) is 1. The third-order valence-corrected chi connectivity index (χ3v) is 2.00. The van der Waals surface area contributed by atoms with Crippen LogP contribution in [0.25, 0.3) is 5.57 Å². The van der Waals surface area contributed by atoms with Gasteiger partial charge in [-0.3, -0.25) is 4.68 Å². The van der Waals surface area contributed by atoms with Crippen molar-refractivity contribution in [3.05, 3.63) is 18.2 Å². The van der Waals surface area contributed by atoms with E-state index in [0.29, 0.717) is 0 Å². The lowest BCUT2D eigenvalue weighted by Crippen LogP contribution is -2.37. The molecule has 0 aliphatic carbocycles. The number of rotatable bonds is 1. The molecule has 1 aliphatic heterocycles. The summed E-state index contributed by atoms with van der Waals surface area (Å²) < 4.78 is 1.69. The largest absolute Gasteiger partial charge is 0.323 e. The van der Waals surface area contributed by atoms with Gasteiger partial charge in [0.15, 0.2) is 5.82 Å². The van der Waals surface area contributed by atoms with Gasteiger partial charge >= 0.3 is 0 Å². The molecule has 1 aromatic rings. The normalized spacial score (nSPS) is 22.9. The third-order valence-electron chi connectivity index (χ3n) is 2.00. The molecule has 70 valence electrons. The van der Waals surface area contributed by atoms with Crippen LogP contribution >= 0.6 is 0 Å². The lowest BCUT2D eigenvalue weighted by molar-refractivity contribution is 0.658. The van der Waals surface area contributed by atoms with Crippen LogP contribution in [0.4, 0.5) is 0 Å². The van der Waals surface area contributed by atoms with Crippen molar-refractivity contribution >= 4 is 5.57 Å². The Hall–Kier alpha value is -1.20. The second-order valence-electron chi connectivity index (χ2n) is 3.23. The van der Waals surface area contributed by atoms with Gasteiger partial charge in [-0.1, -0.05) is 6.08 Å². The molecule has 2 rings (SSSR count). The SMILES string of the molecule is Cn1cnc(C2=CC(N)CNC2)n1. The summed E-state index contributed by atoms with van der Waals surface area (Å²) in [4.78, 5) is 4.16. The second kappa shape index (κ2) is 3.27. The van der Waals surface area contributed by atoms with Crippen LogP contribution in [-0.2, 0) is 7.05 Å². The summed E-state index contributed by atoms with van der Waals surface area (Å²) in [7, 11) is 1.85. The van der Waals surface area contributed by atoms with Crippen molar-refractivity contribution in [3.8, 4) is 0 Å². The Kier molecular flexibility index (Phi) is 2.12. The molecule has 3 N–H and O–H groups in total. The molecule has 1 atom stereocenters. The lowest BCUT2D eigenvalue weighted by Gasteiger charge is -2.16. The molecule has 0 spiro atoms. The van der Waals surface area contributed by atoms with Gasteiger partial charge in [0.2, 0.25) is 0 Å². The summed E-state index contributed by atoms with van der Waals surface area (Å²) >= 11 is 0. The van der Waals surface area contributed by atoms with Crippen LogP contribution in [0.2, 0.25) is 0 Å². The van der Waals surface area contributed by atoms with E-state index in [2.05, 4.69) is 15.4 Å². The number of hydrogen-bond acceptors (Lipinski definition) is 4. The van der Waals surface area contributed by atoms with E-state index in [1.54, 1.807) is 11.0 Å². The van der Waals surface area contributed by atoms with Crippen molar-refractivity contribution in [2.75, 3.05) is 13.1 Å². The highest BCUT2D eigenvalue weighted by Gasteiger charge is 2.13. The van der Waals surface area contributed by atoms with Gasteiger partial charge in [0.1, 0.15) is 6.33 Å². The average molecular weight is 179 g/mol. The predicted molar refractivity (Wildman–Crippen MR) is 49.8 cm³/mol. The van der Waals surface area contributed by atoms with Gasteiger partial charge in [0, 0.05) is 31.8 Å². The number of aryl methyl sites for hydroxylation is 1. The molecular weight excluding hydrogens is 166 g/mol. The van der Waals surface area contributed by atoms with Crippen molar-refractivity contribution in [1.82, 2.24) is 20.1 Å². The fourth-order valence-corrected chi connectivity index (χ4v) is 1.39. The highest BCUT2D eigenvalue weighted by molar-refractivity contribution is 5.62. The van der Waals surface area contributed by atoms with E-state index in [9.17, 15) is 0 Å². The maximum Gasteiger partial charge on any atom is 0.178 e. The Bertz CT molecular complexity index is 327. The standard InChI is InChI=1S/C8H13N5/c1-13-5-11-8(12-13)6-2-7(9)4-10-3-6/h2,5,7,10H,3-4,9H2,1H3. The van der Waals surface area contributed by atoms with E-state index in [1.165, 1.54) is 0 Å². The minimum atomic E-state index is 0.0764.